The number of anilines is 1. The number of nitrogens with one attached hydrogen (secondary N) is 2. The largest absolute Gasteiger partial charge is 0.354 e. The fourth-order valence-electron chi connectivity index (χ4n) is 1.28. The van der Waals surface area contributed by atoms with Gasteiger partial charge in [0.1, 0.15) is 6.04 Å². The summed E-state index contributed by atoms with van der Waals surface area (Å²) in [5.41, 5.74) is 0.371. The molecule has 0 heterocycles. The third-order valence-electron chi connectivity index (χ3n) is 2.04. The molecule has 6 heteroatoms. The van der Waals surface area contributed by atoms with Crippen molar-refractivity contribution in [3.05, 3.63) is 30.3 Å². The summed E-state index contributed by atoms with van der Waals surface area (Å²) in [4.78, 5) is 10.7. The molecule has 0 fully saturated rings. The molecule has 0 aromatic heterocycles. The summed E-state index contributed by atoms with van der Waals surface area (Å²) in [6, 6.07) is 6.23. The number of para-hydroxylation sites is 1. The second-order valence-corrected chi connectivity index (χ2v) is 3.47. The van der Waals surface area contributed by atoms with Gasteiger partial charge in [0.05, 0.1) is 0 Å². The number of hydrogen-bond donors (Lipinski definition) is 2. The van der Waals surface area contributed by atoms with Crippen LogP contribution in [0.2, 0.25) is 0 Å². The van der Waals surface area contributed by atoms with E-state index in [0.717, 1.165) is 6.92 Å². The SMILES string of the molecule is CC(=O)NC(C(F)F)C(F)Nc1ccccc1. The fraction of sp³-hybridized carbons (Fsp3) is 0.364. The quantitative estimate of drug-likeness (QED) is 0.782. The lowest BCUT2D eigenvalue weighted by atomic mass is 10.2. The summed E-state index contributed by atoms with van der Waals surface area (Å²) < 4.78 is 38.6. The maximum absolute atomic E-state index is 13.6. The molecule has 1 aromatic carbocycles. The predicted octanol–water partition coefficient (Wildman–Crippen LogP) is 2.16. The number of amides is 1. The highest BCUT2D eigenvalue weighted by Gasteiger charge is 2.30. The standard InChI is InChI=1S/C11H13F3N2O/c1-7(17)15-9(10(12)13)11(14)16-8-5-3-2-4-6-8/h2-6,9-11,16H,1H3,(H,15,17). The van der Waals surface area contributed by atoms with E-state index >= 15 is 0 Å². The van der Waals surface area contributed by atoms with Crippen LogP contribution in [-0.4, -0.2) is 24.7 Å². The Morgan fingerprint density at radius 2 is 1.76 bits per heavy atom. The molecule has 3 nitrogen and oxygen atoms in total. The smallest absolute Gasteiger partial charge is 0.263 e. The lowest BCUT2D eigenvalue weighted by molar-refractivity contribution is -0.121. The van der Waals surface area contributed by atoms with Crippen LogP contribution in [0.1, 0.15) is 6.92 Å². The van der Waals surface area contributed by atoms with Crippen molar-refractivity contribution in [1.29, 1.82) is 0 Å². The molecule has 1 rings (SSSR count). The number of carbonyl (C=O) groups excluding carboxylic acids is 1. The Morgan fingerprint density at radius 1 is 1.18 bits per heavy atom. The van der Waals surface area contributed by atoms with Crippen LogP contribution in [-0.2, 0) is 4.79 Å². The Labute approximate surface area is 97.0 Å². The van der Waals surface area contributed by atoms with Gasteiger partial charge in [-0.2, -0.15) is 0 Å². The molecule has 0 radical (unpaired) electrons. The highest BCUT2D eigenvalue weighted by molar-refractivity contribution is 5.73. The van der Waals surface area contributed by atoms with E-state index in [2.05, 4.69) is 5.32 Å². The first kappa shape index (κ1) is 13.3. The molecule has 1 amide bonds. The van der Waals surface area contributed by atoms with Crippen LogP contribution in [0.15, 0.2) is 30.3 Å². The maximum Gasteiger partial charge on any atom is 0.263 e. The Kier molecular flexibility index (Phi) is 4.81. The first-order valence-corrected chi connectivity index (χ1v) is 5.01. The van der Waals surface area contributed by atoms with Crippen molar-refractivity contribution < 1.29 is 18.0 Å². The van der Waals surface area contributed by atoms with Gasteiger partial charge < -0.3 is 10.6 Å². The van der Waals surface area contributed by atoms with Crippen molar-refractivity contribution in [3.8, 4) is 0 Å². The summed E-state index contributed by atoms with van der Waals surface area (Å²) >= 11 is 0. The number of benzene rings is 1. The number of alkyl halides is 3. The third-order valence-corrected chi connectivity index (χ3v) is 2.04. The zero-order valence-electron chi connectivity index (χ0n) is 9.16. The predicted molar refractivity (Wildman–Crippen MR) is 58.6 cm³/mol. The normalized spacial score (nSPS) is 14.2. The van der Waals surface area contributed by atoms with Crippen molar-refractivity contribution in [2.45, 2.75) is 25.7 Å². The highest BCUT2D eigenvalue weighted by Crippen LogP contribution is 2.14. The third kappa shape index (κ3) is 4.34. The summed E-state index contributed by atoms with van der Waals surface area (Å²) in [7, 11) is 0. The number of carbonyl (C=O) groups is 1. The summed E-state index contributed by atoms with van der Waals surface area (Å²) in [5, 5.41) is 4.14. The lowest BCUT2D eigenvalue weighted by Crippen LogP contribution is -2.48. The van der Waals surface area contributed by atoms with E-state index in [0.29, 0.717) is 5.69 Å². The molecule has 2 unspecified atom stereocenters. The van der Waals surface area contributed by atoms with Crippen molar-refractivity contribution >= 4 is 11.6 Å². The zero-order valence-corrected chi connectivity index (χ0v) is 9.16. The van der Waals surface area contributed by atoms with Gasteiger partial charge in [-0.1, -0.05) is 18.2 Å². The molecule has 0 aliphatic heterocycles. The minimum atomic E-state index is -2.98. The van der Waals surface area contributed by atoms with E-state index in [1.165, 1.54) is 0 Å². The average molecular weight is 246 g/mol. The summed E-state index contributed by atoms with van der Waals surface area (Å²) in [6.45, 7) is 1.06. The molecule has 0 saturated carbocycles. The molecule has 2 N–H and O–H groups in total. The maximum atomic E-state index is 13.6. The Balaban J connectivity index is 2.65. The van der Waals surface area contributed by atoms with Gasteiger partial charge in [0, 0.05) is 12.6 Å². The fourth-order valence-corrected chi connectivity index (χ4v) is 1.28. The second-order valence-electron chi connectivity index (χ2n) is 3.47. The lowest BCUT2D eigenvalue weighted by Gasteiger charge is -2.22. The van der Waals surface area contributed by atoms with Crippen LogP contribution < -0.4 is 10.6 Å². The minimum Gasteiger partial charge on any atom is -0.354 e. The van der Waals surface area contributed by atoms with Gasteiger partial charge >= 0.3 is 0 Å². The molecule has 17 heavy (non-hydrogen) atoms. The first-order valence-electron chi connectivity index (χ1n) is 5.01. The molecule has 0 spiro atoms. The Morgan fingerprint density at radius 3 is 2.24 bits per heavy atom. The molecule has 1 aromatic rings. The van der Waals surface area contributed by atoms with Crippen LogP contribution >= 0.6 is 0 Å². The van der Waals surface area contributed by atoms with Gasteiger partial charge in [0.15, 0.2) is 6.30 Å². The van der Waals surface area contributed by atoms with Crippen LogP contribution in [0, 0.1) is 0 Å². The molecular weight excluding hydrogens is 233 g/mol. The van der Waals surface area contributed by atoms with E-state index in [1.807, 2.05) is 5.32 Å². The van der Waals surface area contributed by atoms with Crippen molar-refractivity contribution in [1.82, 2.24) is 5.32 Å². The molecule has 2 atom stereocenters. The van der Waals surface area contributed by atoms with E-state index in [1.54, 1.807) is 30.3 Å². The Hall–Kier alpha value is -1.72. The van der Waals surface area contributed by atoms with Gasteiger partial charge in [-0.25, -0.2) is 13.2 Å². The van der Waals surface area contributed by atoms with Crippen LogP contribution in [0.3, 0.4) is 0 Å². The molecule has 0 bridgehead atoms. The number of hydrogen-bond acceptors (Lipinski definition) is 2. The molecule has 0 saturated heterocycles. The van der Waals surface area contributed by atoms with Crippen molar-refractivity contribution in [3.63, 3.8) is 0 Å². The molecule has 94 valence electrons. The minimum absolute atomic E-state index is 0.371. The van der Waals surface area contributed by atoms with Gasteiger partial charge in [-0.15, -0.1) is 0 Å². The summed E-state index contributed by atoms with van der Waals surface area (Å²) in [5.74, 6) is -0.701. The van der Waals surface area contributed by atoms with Crippen LogP contribution in [0.25, 0.3) is 0 Å². The molecular formula is C11H13F3N2O. The van der Waals surface area contributed by atoms with E-state index in [-0.39, 0.29) is 0 Å². The van der Waals surface area contributed by atoms with E-state index in [9.17, 15) is 18.0 Å². The van der Waals surface area contributed by atoms with Gasteiger partial charge in [-0.3, -0.25) is 4.79 Å². The van der Waals surface area contributed by atoms with Gasteiger partial charge in [0.25, 0.3) is 6.43 Å². The van der Waals surface area contributed by atoms with Gasteiger partial charge in [0.2, 0.25) is 5.91 Å². The van der Waals surface area contributed by atoms with Gasteiger partial charge in [-0.05, 0) is 12.1 Å². The monoisotopic (exact) mass is 246 g/mol. The average Bonchev–Trinajstić information content (AvgIpc) is 2.26. The van der Waals surface area contributed by atoms with E-state index in [4.69, 9.17) is 0 Å². The van der Waals surface area contributed by atoms with Crippen LogP contribution in [0.5, 0.6) is 0 Å². The van der Waals surface area contributed by atoms with Crippen molar-refractivity contribution in [2.75, 3.05) is 5.32 Å². The first-order chi connectivity index (χ1) is 8.00. The molecule has 0 aliphatic carbocycles. The van der Waals surface area contributed by atoms with E-state index < -0.39 is 24.7 Å². The number of halogens is 3. The zero-order chi connectivity index (χ0) is 12.8. The van der Waals surface area contributed by atoms with Crippen LogP contribution in [0.4, 0.5) is 18.9 Å². The Bertz CT molecular complexity index is 359. The van der Waals surface area contributed by atoms with Crippen molar-refractivity contribution in [2.24, 2.45) is 0 Å². The summed E-state index contributed by atoms with van der Waals surface area (Å²) in [6.07, 6.45) is -5.04. The second kappa shape index (κ2) is 6.12. The molecule has 0 aliphatic rings. The number of rotatable bonds is 5. The topological polar surface area (TPSA) is 41.1 Å². The highest BCUT2D eigenvalue weighted by atomic mass is 19.3.